The second-order valence-electron chi connectivity index (χ2n) is 13.8. The van der Waals surface area contributed by atoms with Crippen LogP contribution in [-0.4, -0.2) is 9.13 Å². The summed E-state index contributed by atoms with van der Waals surface area (Å²) in [6.45, 7) is 13.6. The summed E-state index contributed by atoms with van der Waals surface area (Å²) < 4.78 is 5.03. The molecule has 9 rings (SSSR count). The van der Waals surface area contributed by atoms with Gasteiger partial charge in [-0.05, 0) is 111 Å². The minimum absolute atomic E-state index is 0.160. The van der Waals surface area contributed by atoms with E-state index >= 15 is 0 Å². The summed E-state index contributed by atoms with van der Waals surface area (Å²) in [6.07, 6.45) is 0. The van der Waals surface area contributed by atoms with Crippen LogP contribution < -0.4 is 0 Å². The summed E-state index contributed by atoms with van der Waals surface area (Å²) >= 11 is 0. The number of rotatable bonds is 2. The van der Waals surface area contributed by atoms with Gasteiger partial charge in [0.25, 0.3) is 0 Å². The van der Waals surface area contributed by atoms with Crippen LogP contribution >= 0.6 is 0 Å². The summed E-state index contributed by atoms with van der Waals surface area (Å²) in [7, 11) is 0. The van der Waals surface area contributed by atoms with Crippen molar-refractivity contribution in [3.05, 3.63) is 143 Å². The zero-order valence-corrected chi connectivity index (χ0v) is 26.8. The molecule has 0 bridgehead atoms. The Morgan fingerprint density at radius 1 is 0.444 bits per heavy atom. The molecule has 0 fully saturated rings. The van der Waals surface area contributed by atoms with Crippen LogP contribution in [0.5, 0.6) is 0 Å². The van der Waals surface area contributed by atoms with Crippen LogP contribution in [0.4, 0.5) is 0 Å². The molecule has 2 heterocycles. The Balaban J connectivity index is 1.48. The third-order valence-electron chi connectivity index (χ3n) is 10.3. The molecule has 0 spiro atoms. The molecule has 0 aliphatic heterocycles. The molecular weight excluding hydrogens is 544 g/mol. The lowest BCUT2D eigenvalue weighted by Gasteiger charge is -2.26. The number of hydrogen-bond acceptors (Lipinski definition) is 0. The van der Waals surface area contributed by atoms with Crippen LogP contribution in [0, 0.1) is 27.7 Å². The molecule has 6 aromatic carbocycles. The first-order valence-corrected chi connectivity index (χ1v) is 16.0. The largest absolute Gasteiger partial charge is 0.309 e. The van der Waals surface area contributed by atoms with Crippen molar-refractivity contribution in [3.63, 3.8) is 0 Å². The minimum Gasteiger partial charge on any atom is -0.309 e. The monoisotopic (exact) mass is 580 g/mol. The lowest BCUT2D eigenvalue weighted by atomic mass is 9.81. The van der Waals surface area contributed by atoms with Crippen molar-refractivity contribution < 1.29 is 0 Å². The van der Waals surface area contributed by atoms with Gasteiger partial charge in [0.15, 0.2) is 0 Å². The van der Waals surface area contributed by atoms with E-state index in [1.54, 1.807) is 0 Å². The highest BCUT2D eigenvalue weighted by atomic mass is 15.0. The number of aromatic nitrogens is 2. The van der Waals surface area contributed by atoms with E-state index in [0.717, 1.165) is 0 Å². The Bertz CT molecular complexity index is 2430. The SMILES string of the molecule is Cc1ccc2c(c1)c1cc(C)ccc1n2-c1cc2c(c(-n3c4ccc(C)cc4c4cc(C)ccc43)c1)C(C)(C)c1ccccc1-2. The Morgan fingerprint density at radius 3 is 1.38 bits per heavy atom. The van der Waals surface area contributed by atoms with E-state index in [1.807, 2.05) is 0 Å². The van der Waals surface area contributed by atoms with Crippen LogP contribution in [-0.2, 0) is 5.41 Å². The van der Waals surface area contributed by atoms with Crippen molar-refractivity contribution in [2.24, 2.45) is 0 Å². The van der Waals surface area contributed by atoms with Crippen LogP contribution in [0.2, 0.25) is 0 Å². The number of nitrogens with zero attached hydrogens (tertiary/aromatic N) is 2. The van der Waals surface area contributed by atoms with Gasteiger partial charge in [0, 0.05) is 32.6 Å². The lowest BCUT2D eigenvalue weighted by molar-refractivity contribution is 0.656. The van der Waals surface area contributed by atoms with E-state index in [1.165, 1.54) is 99.5 Å². The quantitative estimate of drug-likeness (QED) is 0.192. The van der Waals surface area contributed by atoms with Gasteiger partial charge in [-0.1, -0.05) is 84.6 Å². The maximum atomic E-state index is 2.54. The lowest BCUT2D eigenvalue weighted by Crippen LogP contribution is -2.18. The standard InChI is InChI=1S/C43H36N2/c1-25-11-15-37-31(19-25)32-20-26(2)12-16-38(32)44(37)29-23-35-30-9-7-8-10-36(30)43(5,6)42(35)41(24-29)45-39-17-13-27(3)21-33(39)34-22-28(4)14-18-40(34)45/h7-24H,1-6H3. The average molecular weight is 581 g/mol. The highest BCUT2D eigenvalue weighted by Crippen LogP contribution is 2.53. The fourth-order valence-electron chi connectivity index (χ4n) is 8.22. The number of hydrogen-bond donors (Lipinski definition) is 0. The first-order chi connectivity index (χ1) is 21.7. The first-order valence-electron chi connectivity index (χ1n) is 16.0. The topological polar surface area (TPSA) is 9.86 Å². The summed E-state index contributed by atoms with van der Waals surface area (Å²) in [4.78, 5) is 0. The molecule has 0 N–H and O–H groups in total. The highest BCUT2D eigenvalue weighted by molar-refractivity contribution is 6.11. The van der Waals surface area contributed by atoms with E-state index in [-0.39, 0.29) is 5.41 Å². The zero-order valence-electron chi connectivity index (χ0n) is 26.8. The fourth-order valence-corrected chi connectivity index (χ4v) is 8.22. The summed E-state index contributed by atoms with van der Waals surface area (Å²) in [5, 5.41) is 5.23. The summed E-state index contributed by atoms with van der Waals surface area (Å²) in [6, 6.07) is 41.6. The molecule has 0 radical (unpaired) electrons. The molecule has 0 saturated carbocycles. The Morgan fingerprint density at radius 2 is 0.889 bits per heavy atom. The second kappa shape index (κ2) is 8.99. The van der Waals surface area contributed by atoms with Gasteiger partial charge in [0.1, 0.15) is 0 Å². The van der Waals surface area contributed by atoms with Crippen LogP contribution in [0.1, 0.15) is 47.2 Å². The highest BCUT2D eigenvalue weighted by Gasteiger charge is 2.39. The molecule has 0 unspecified atom stereocenters. The van der Waals surface area contributed by atoms with E-state index in [9.17, 15) is 0 Å². The third kappa shape index (κ3) is 3.57. The van der Waals surface area contributed by atoms with Crippen molar-refractivity contribution in [2.75, 3.05) is 0 Å². The molecule has 1 aliphatic carbocycles. The first kappa shape index (κ1) is 26.3. The third-order valence-corrected chi connectivity index (χ3v) is 10.3. The van der Waals surface area contributed by atoms with Crippen LogP contribution in [0.15, 0.2) is 109 Å². The normalized spacial score (nSPS) is 13.7. The van der Waals surface area contributed by atoms with Gasteiger partial charge < -0.3 is 9.13 Å². The van der Waals surface area contributed by atoms with Gasteiger partial charge in [0.05, 0.1) is 27.8 Å². The average Bonchev–Trinajstić information content (AvgIpc) is 3.59. The van der Waals surface area contributed by atoms with Crippen molar-refractivity contribution in [3.8, 4) is 22.5 Å². The number of benzene rings is 6. The van der Waals surface area contributed by atoms with Crippen molar-refractivity contribution in [1.82, 2.24) is 9.13 Å². The molecule has 0 amide bonds. The van der Waals surface area contributed by atoms with Gasteiger partial charge >= 0.3 is 0 Å². The van der Waals surface area contributed by atoms with Gasteiger partial charge in [-0.25, -0.2) is 0 Å². The van der Waals surface area contributed by atoms with Gasteiger partial charge in [-0.2, -0.15) is 0 Å². The molecule has 2 aromatic heterocycles. The van der Waals surface area contributed by atoms with Crippen molar-refractivity contribution in [2.45, 2.75) is 47.0 Å². The molecule has 218 valence electrons. The van der Waals surface area contributed by atoms with E-state index in [0.29, 0.717) is 0 Å². The van der Waals surface area contributed by atoms with Crippen molar-refractivity contribution in [1.29, 1.82) is 0 Å². The predicted octanol–water partition coefficient (Wildman–Crippen LogP) is 11.4. The predicted molar refractivity (Wildman–Crippen MR) is 192 cm³/mol. The van der Waals surface area contributed by atoms with Gasteiger partial charge in [0.2, 0.25) is 0 Å². The molecule has 2 heteroatoms. The molecule has 2 nitrogen and oxygen atoms in total. The molecule has 1 aliphatic rings. The number of aryl methyl sites for hydroxylation is 4. The second-order valence-corrected chi connectivity index (χ2v) is 13.8. The van der Waals surface area contributed by atoms with Crippen molar-refractivity contribution >= 4 is 43.6 Å². The molecule has 8 aromatic rings. The number of fused-ring (bicyclic) bond motifs is 9. The molecular formula is C43H36N2. The Hall–Kier alpha value is -5.08. The maximum Gasteiger partial charge on any atom is 0.0541 e. The smallest absolute Gasteiger partial charge is 0.0541 e. The summed E-state index contributed by atoms with van der Waals surface area (Å²) in [5.41, 5.74) is 17.8. The molecule has 0 saturated heterocycles. The molecule has 45 heavy (non-hydrogen) atoms. The van der Waals surface area contributed by atoms with Crippen LogP contribution in [0.3, 0.4) is 0 Å². The fraction of sp³-hybridized carbons (Fsp3) is 0.163. The maximum absolute atomic E-state index is 2.54. The Labute approximate surface area is 264 Å². The van der Waals surface area contributed by atoms with Gasteiger partial charge in [-0.15, -0.1) is 0 Å². The minimum atomic E-state index is -0.160. The van der Waals surface area contributed by atoms with Gasteiger partial charge in [-0.3, -0.25) is 0 Å². The van der Waals surface area contributed by atoms with Crippen LogP contribution in [0.25, 0.3) is 66.1 Å². The van der Waals surface area contributed by atoms with E-state index in [4.69, 9.17) is 0 Å². The molecule has 0 atom stereocenters. The Kier molecular flexibility index (Phi) is 5.26. The zero-order chi connectivity index (χ0) is 30.8. The summed E-state index contributed by atoms with van der Waals surface area (Å²) in [5.74, 6) is 0. The van der Waals surface area contributed by atoms with E-state index in [2.05, 4.69) is 160 Å². The van der Waals surface area contributed by atoms with E-state index < -0.39 is 0 Å².